The van der Waals surface area contributed by atoms with Crippen LogP contribution in [-0.4, -0.2) is 0 Å². The summed E-state index contributed by atoms with van der Waals surface area (Å²) in [5, 5.41) is 0. The van der Waals surface area contributed by atoms with E-state index in [4.69, 9.17) is 0 Å². The lowest BCUT2D eigenvalue weighted by Crippen LogP contribution is -1.70. The molecule has 2 aromatic rings. The van der Waals surface area contributed by atoms with Gasteiger partial charge in [0, 0.05) is 0 Å². The highest BCUT2D eigenvalue weighted by molar-refractivity contribution is 14.0. The van der Waals surface area contributed by atoms with Crippen molar-refractivity contribution in [3.05, 3.63) is 71.8 Å². The molecule has 0 unspecified atom stereocenters. The van der Waals surface area contributed by atoms with Crippen molar-refractivity contribution in [1.82, 2.24) is 0 Å². The second kappa shape index (κ2) is 8.75. The van der Waals surface area contributed by atoms with Crippen LogP contribution in [0.5, 0.6) is 0 Å². The third kappa shape index (κ3) is 5.12. The minimum atomic E-state index is 0. The van der Waals surface area contributed by atoms with Gasteiger partial charge in [0.1, 0.15) is 0 Å². The summed E-state index contributed by atoms with van der Waals surface area (Å²) in [4.78, 5) is 0. The molecule has 0 radical (unpaired) electrons. The van der Waals surface area contributed by atoms with Crippen LogP contribution in [0, 0.1) is 0 Å². The van der Waals surface area contributed by atoms with Gasteiger partial charge in [0.05, 0.1) is 0 Å². The van der Waals surface area contributed by atoms with Crippen LogP contribution in [-0.2, 0) is 0 Å². The fraction of sp³-hybridized carbons (Fsp3) is 0. The second-order valence-corrected chi connectivity index (χ2v) is 3.15. The van der Waals surface area contributed by atoms with E-state index < -0.39 is 0 Å². The summed E-state index contributed by atoms with van der Waals surface area (Å²) in [6, 6.07) is 20.6. The van der Waals surface area contributed by atoms with Gasteiger partial charge in [-0.25, -0.2) is 0 Å². The minimum absolute atomic E-state index is 0. The van der Waals surface area contributed by atoms with Gasteiger partial charge in [0.2, 0.25) is 0 Å². The molecular weight excluding hydrogens is 422 g/mol. The van der Waals surface area contributed by atoms with Gasteiger partial charge in [-0.1, -0.05) is 72.8 Å². The summed E-state index contributed by atoms with van der Waals surface area (Å²) in [5.41, 5.74) is 2.47. The topological polar surface area (TPSA) is 0 Å². The molecule has 0 saturated carbocycles. The predicted octanol–water partition coefficient (Wildman–Crippen LogP) is 5.09. The third-order valence-electron chi connectivity index (χ3n) is 2.07. The maximum atomic E-state index is 2.12. The van der Waals surface area contributed by atoms with Crippen molar-refractivity contribution in [2.75, 3.05) is 0 Å². The Labute approximate surface area is 131 Å². The molecule has 2 rings (SSSR count). The zero-order chi connectivity index (χ0) is 9.64. The van der Waals surface area contributed by atoms with E-state index in [0.717, 1.165) is 0 Å². The number of rotatable bonds is 2. The van der Waals surface area contributed by atoms with E-state index in [1.54, 1.807) is 0 Å². The maximum Gasteiger partial charge on any atom is -0.0256 e. The summed E-state index contributed by atoms with van der Waals surface area (Å²) in [6.45, 7) is 0. The first-order valence-electron chi connectivity index (χ1n) is 4.73. The highest BCUT2D eigenvalue weighted by atomic mass is 127. The largest absolute Gasteiger partial charge is 0.107 e. The quantitative estimate of drug-likeness (QED) is 0.455. The van der Waals surface area contributed by atoms with E-state index in [0.29, 0.717) is 0 Å². The first kappa shape index (κ1) is 15.6. The molecule has 0 fully saturated rings. The monoisotopic (exact) mass is 436 g/mol. The van der Waals surface area contributed by atoms with Crippen LogP contribution in [0.1, 0.15) is 11.1 Å². The van der Waals surface area contributed by atoms with Gasteiger partial charge in [-0.15, -0.1) is 48.0 Å². The van der Waals surface area contributed by atoms with Crippen LogP contribution in [0.3, 0.4) is 0 Å². The Balaban J connectivity index is 0.00000112. The maximum absolute atomic E-state index is 2.12. The number of benzene rings is 2. The molecule has 2 heteroatoms. The second-order valence-electron chi connectivity index (χ2n) is 3.15. The summed E-state index contributed by atoms with van der Waals surface area (Å²) < 4.78 is 0. The van der Waals surface area contributed by atoms with Crippen molar-refractivity contribution < 1.29 is 0 Å². The molecule has 0 spiro atoms. The van der Waals surface area contributed by atoms with Crippen molar-refractivity contribution in [3.63, 3.8) is 0 Å². The van der Waals surface area contributed by atoms with Gasteiger partial charge >= 0.3 is 0 Å². The highest BCUT2D eigenvalue weighted by Gasteiger charge is 1.84. The Morgan fingerprint density at radius 1 is 0.500 bits per heavy atom. The molecule has 0 aliphatic heterocycles. The fourth-order valence-electron chi connectivity index (χ4n) is 1.32. The van der Waals surface area contributed by atoms with Crippen molar-refractivity contribution in [2.24, 2.45) is 0 Å². The minimum Gasteiger partial charge on any atom is -0.107 e. The smallest absolute Gasteiger partial charge is 0.0256 e. The molecule has 0 heterocycles. The number of hydrogen-bond donors (Lipinski definition) is 0. The lowest BCUT2D eigenvalue weighted by molar-refractivity contribution is 1.65. The Kier molecular flexibility index (Phi) is 8.56. The summed E-state index contributed by atoms with van der Waals surface area (Å²) >= 11 is 0. The lowest BCUT2D eigenvalue weighted by atomic mass is 10.1. The molecule has 0 amide bonds. The Morgan fingerprint density at radius 2 is 0.812 bits per heavy atom. The first-order valence-corrected chi connectivity index (χ1v) is 4.73. The van der Waals surface area contributed by atoms with Crippen LogP contribution < -0.4 is 0 Å². The number of halogens is 2. The van der Waals surface area contributed by atoms with Crippen LogP contribution >= 0.6 is 48.0 Å². The zero-order valence-corrected chi connectivity index (χ0v) is 13.4. The van der Waals surface area contributed by atoms with Gasteiger partial charge in [-0.2, -0.15) is 0 Å². The molecule has 0 aliphatic rings. The normalized spacial score (nSPS) is 9.25. The Hall–Kier alpha value is -0.360. The van der Waals surface area contributed by atoms with Gasteiger partial charge in [-0.3, -0.25) is 0 Å². The Morgan fingerprint density at radius 3 is 1.12 bits per heavy atom. The summed E-state index contributed by atoms with van der Waals surface area (Å²) in [6.07, 6.45) is 4.24. The van der Waals surface area contributed by atoms with Gasteiger partial charge in [-0.05, 0) is 11.1 Å². The molecule has 0 N–H and O–H groups in total. The molecule has 2 aromatic carbocycles. The van der Waals surface area contributed by atoms with E-state index in [2.05, 4.69) is 36.4 Å². The fourth-order valence-corrected chi connectivity index (χ4v) is 1.32. The van der Waals surface area contributed by atoms with E-state index in [1.165, 1.54) is 11.1 Å². The zero-order valence-electron chi connectivity index (χ0n) is 8.74. The van der Waals surface area contributed by atoms with E-state index in [-0.39, 0.29) is 48.0 Å². The molecule has 0 bridgehead atoms. The standard InChI is InChI=1S/C14H12.2HI/c1-3-7-13(8-4-1)11-12-14-9-5-2-6-10-14;;/h1-12H;2*1H. The average Bonchev–Trinajstić information content (AvgIpc) is 2.29. The van der Waals surface area contributed by atoms with Gasteiger partial charge in [0.15, 0.2) is 0 Å². The predicted molar refractivity (Wildman–Crippen MR) is 92.6 cm³/mol. The SMILES string of the molecule is C(=Cc1ccccc1)c1ccccc1.I.I. The van der Waals surface area contributed by atoms with Gasteiger partial charge in [0.25, 0.3) is 0 Å². The number of hydrogen-bond acceptors (Lipinski definition) is 0. The average molecular weight is 436 g/mol. The van der Waals surface area contributed by atoms with E-state index >= 15 is 0 Å². The Bertz CT molecular complexity index is 366. The molecule has 0 saturated heterocycles. The van der Waals surface area contributed by atoms with E-state index in [9.17, 15) is 0 Å². The van der Waals surface area contributed by atoms with Crippen LogP contribution in [0.4, 0.5) is 0 Å². The van der Waals surface area contributed by atoms with Crippen molar-refractivity contribution in [2.45, 2.75) is 0 Å². The summed E-state index contributed by atoms with van der Waals surface area (Å²) in [5.74, 6) is 0. The van der Waals surface area contributed by atoms with Crippen molar-refractivity contribution >= 4 is 60.1 Å². The molecule has 0 aromatic heterocycles. The molecule has 0 nitrogen and oxygen atoms in total. The summed E-state index contributed by atoms with van der Waals surface area (Å²) in [7, 11) is 0. The third-order valence-corrected chi connectivity index (χ3v) is 2.07. The van der Waals surface area contributed by atoms with Gasteiger partial charge < -0.3 is 0 Å². The lowest BCUT2D eigenvalue weighted by Gasteiger charge is -1.92. The van der Waals surface area contributed by atoms with E-state index in [1.807, 2.05) is 36.4 Å². The molecule has 0 aliphatic carbocycles. The first-order chi connectivity index (χ1) is 6.95. The van der Waals surface area contributed by atoms with Crippen LogP contribution in [0.25, 0.3) is 12.2 Å². The van der Waals surface area contributed by atoms with Crippen molar-refractivity contribution in [3.8, 4) is 0 Å². The molecule has 0 atom stereocenters. The van der Waals surface area contributed by atoms with Crippen LogP contribution in [0.15, 0.2) is 60.7 Å². The molecule has 16 heavy (non-hydrogen) atoms. The van der Waals surface area contributed by atoms with Crippen molar-refractivity contribution in [1.29, 1.82) is 0 Å². The highest BCUT2D eigenvalue weighted by Crippen LogP contribution is 2.06. The molecular formula is C14H14I2. The van der Waals surface area contributed by atoms with Crippen LogP contribution in [0.2, 0.25) is 0 Å². The molecule has 84 valence electrons.